The van der Waals surface area contributed by atoms with Crippen LogP contribution < -0.4 is 0 Å². The van der Waals surface area contributed by atoms with Crippen LogP contribution in [0.15, 0.2) is 0 Å². The molecule has 0 atom stereocenters. The Kier molecular flexibility index (Phi) is 21.8. The van der Waals surface area contributed by atoms with E-state index in [4.69, 9.17) is 17.5 Å². The summed E-state index contributed by atoms with van der Waals surface area (Å²) >= 11 is 0. The summed E-state index contributed by atoms with van der Waals surface area (Å²) in [6.45, 7) is 0. The largest absolute Gasteiger partial charge is 0.412 e. The van der Waals surface area contributed by atoms with Gasteiger partial charge in [-0.15, -0.1) is 0 Å². The van der Waals surface area contributed by atoms with Crippen LogP contribution in [0.4, 0.5) is 0 Å². The topological polar surface area (TPSA) is 138 Å². The summed E-state index contributed by atoms with van der Waals surface area (Å²) < 4.78 is 31.6. The van der Waals surface area contributed by atoms with Crippen molar-refractivity contribution in [3.05, 3.63) is 0 Å². The predicted molar refractivity (Wildman–Crippen MR) is 21.4 cm³/mol. The maximum atomic E-state index is 8.74. The van der Waals surface area contributed by atoms with Gasteiger partial charge in [-0.1, -0.05) is 0 Å². The van der Waals surface area contributed by atoms with Gasteiger partial charge in [-0.25, -0.2) is 0 Å². The summed E-state index contributed by atoms with van der Waals surface area (Å²) in [7, 11) is -4.67. The van der Waals surface area contributed by atoms with Crippen LogP contribution in [0, 0.1) is 0 Å². The Balaban J connectivity index is -0.0000000267. The summed E-state index contributed by atoms with van der Waals surface area (Å²) in [6.07, 6.45) is 0. The van der Waals surface area contributed by atoms with E-state index in [0.717, 1.165) is 0 Å². The van der Waals surface area contributed by atoms with Gasteiger partial charge in [0.15, 0.2) is 0 Å². The maximum absolute atomic E-state index is 8.74. The van der Waals surface area contributed by atoms with Gasteiger partial charge < -0.3 is 11.0 Å². The summed E-state index contributed by atoms with van der Waals surface area (Å²) in [5.41, 5.74) is 0. The Hall–Kier alpha value is 0.296. The third kappa shape index (κ3) is 2010. The van der Waals surface area contributed by atoms with Crippen molar-refractivity contribution >= 4 is 10.4 Å². The van der Waals surface area contributed by atoms with Gasteiger partial charge in [-0.2, -0.15) is 8.42 Å². The van der Waals surface area contributed by atoms with Crippen molar-refractivity contribution in [2.24, 2.45) is 0 Å². The van der Waals surface area contributed by atoms with Gasteiger partial charge in [0, 0.05) is 16.8 Å². The van der Waals surface area contributed by atoms with Crippen LogP contribution in [-0.2, 0) is 27.2 Å². The quantitative estimate of drug-likeness (QED) is 0.417. The zero-order chi connectivity index (χ0) is 4.50. The first-order valence-corrected chi connectivity index (χ1v) is 2.10. The molecule has 0 amide bonds. The van der Waals surface area contributed by atoms with Gasteiger partial charge in [0.2, 0.25) is 0 Å². The zero-order valence-corrected chi connectivity index (χ0v) is 5.31. The predicted octanol–water partition coefficient (Wildman–Crippen LogP) is -2.30. The molecule has 6 nitrogen and oxygen atoms in total. The summed E-state index contributed by atoms with van der Waals surface area (Å²) in [4.78, 5) is 0. The van der Waals surface area contributed by atoms with Crippen molar-refractivity contribution in [3.63, 3.8) is 0 Å². The summed E-state index contributed by atoms with van der Waals surface area (Å²) in [5, 5.41) is 0. The standard InChI is InChI=1S/Co.H2O4S.2H2O/c;1-5(2,3)4;;/h;(H2,1,2,3,4);2*1H2. The van der Waals surface area contributed by atoms with Crippen molar-refractivity contribution in [2.75, 3.05) is 0 Å². The molecule has 0 saturated heterocycles. The van der Waals surface area contributed by atoms with Crippen LogP contribution in [0.2, 0.25) is 0 Å². The second-order valence-electron chi connectivity index (χ2n) is 0.448. The first-order valence-electron chi connectivity index (χ1n) is 0.698. The molecule has 0 bridgehead atoms. The Morgan fingerprint density at radius 1 is 1.00 bits per heavy atom. The molecule has 1 radical (unpaired) electrons. The minimum atomic E-state index is -4.67. The Bertz CT molecular complexity index is 91.7. The molecule has 8 heteroatoms. The molecule has 0 aromatic heterocycles. The number of hydrogen-bond donors (Lipinski definition) is 2. The summed E-state index contributed by atoms with van der Waals surface area (Å²) in [5.74, 6) is 0. The van der Waals surface area contributed by atoms with E-state index >= 15 is 0 Å². The van der Waals surface area contributed by atoms with Gasteiger partial charge in [0.1, 0.15) is 0 Å². The van der Waals surface area contributed by atoms with Gasteiger partial charge >= 0.3 is 10.4 Å². The van der Waals surface area contributed by atoms with E-state index in [9.17, 15) is 0 Å². The molecule has 0 aromatic rings. The molecule has 8 heavy (non-hydrogen) atoms. The molecule has 0 saturated carbocycles. The molecule has 0 aliphatic rings. The van der Waals surface area contributed by atoms with Gasteiger partial charge in [0.25, 0.3) is 0 Å². The van der Waals surface area contributed by atoms with Crippen LogP contribution in [0.5, 0.6) is 0 Å². The SMILES string of the molecule is O.O.O=S(=O)(O)O.[Co]. The Morgan fingerprint density at radius 3 is 1.00 bits per heavy atom. The van der Waals surface area contributed by atoms with Gasteiger partial charge in [-0.05, 0) is 0 Å². The van der Waals surface area contributed by atoms with E-state index in [1.165, 1.54) is 0 Å². The van der Waals surface area contributed by atoms with Crippen LogP contribution in [0.25, 0.3) is 0 Å². The first-order chi connectivity index (χ1) is 2.00. The van der Waals surface area contributed by atoms with Crippen LogP contribution >= 0.6 is 0 Å². The smallest absolute Gasteiger partial charge is 0.394 e. The van der Waals surface area contributed by atoms with E-state index in [1.807, 2.05) is 0 Å². The second-order valence-corrected chi connectivity index (χ2v) is 1.34. The van der Waals surface area contributed by atoms with Gasteiger partial charge in [-0.3, -0.25) is 9.11 Å². The fourth-order valence-corrected chi connectivity index (χ4v) is 0. The third-order valence-corrected chi connectivity index (χ3v) is 0. The van der Waals surface area contributed by atoms with Crippen molar-refractivity contribution in [1.82, 2.24) is 0 Å². The van der Waals surface area contributed by atoms with Gasteiger partial charge in [0.05, 0.1) is 0 Å². The molecule has 0 heterocycles. The van der Waals surface area contributed by atoms with Crippen molar-refractivity contribution in [3.8, 4) is 0 Å². The minimum absolute atomic E-state index is 0. The molecule has 0 fully saturated rings. The van der Waals surface area contributed by atoms with Crippen LogP contribution in [0.3, 0.4) is 0 Å². The molecular formula is H6CoO6S. The van der Waals surface area contributed by atoms with E-state index in [0.29, 0.717) is 0 Å². The molecule has 0 aliphatic carbocycles. The van der Waals surface area contributed by atoms with E-state index in [2.05, 4.69) is 0 Å². The molecular weight excluding hydrogens is 187 g/mol. The zero-order valence-electron chi connectivity index (χ0n) is 3.45. The molecule has 0 aromatic carbocycles. The molecule has 0 aliphatic heterocycles. The fourth-order valence-electron chi connectivity index (χ4n) is 0. The first kappa shape index (κ1) is 23.9. The van der Waals surface area contributed by atoms with Crippen molar-refractivity contribution in [2.45, 2.75) is 0 Å². The van der Waals surface area contributed by atoms with E-state index in [-0.39, 0.29) is 27.7 Å². The Labute approximate surface area is 56.3 Å². The van der Waals surface area contributed by atoms with E-state index < -0.39 is 10.4 Å². The molecule has 0 spiro atoms. The summed E-state index contributed by atoms with van der Waals surface area (Å²) in [6, 6.07) is 0. The molecule has 0 unspecified atom stereocenters. The second kappa shape index (κ2) is 7.30. The monoisotopic (exact) mass is 193 g/mol. The normalized spacial score (nSPS) is 7.25. The van der Waals surface area contributed by atoms with Crippen LogP contribution in [-0.4, -0.2) is 28.5 Å². The minimum Gasteiger partial charge on any atom is -0.412 e. The average Bonchev–Trinajstić information content (AvgIpc) is 0.722. The van der Waals surface area contributed by atoms with Crippen LogP contribution in [0.1, 0.15) is 0 Å². The van der Waals surface area contributed by atoms with Crippen molar-refractivity contribution < 1.29 is 45.3 Å². The maximum Gasteiger partial charge on any atom is 0.394 e. The fraction of sp³-hybridized carbons (Fsp3) is 0. The molecule has 6 N–H and O–H groups in total. The Morgan fingerprint density at radius 2 is 1.00 bits per heavy atom. The van der Waals surface area contributed by atoms with E-state index in [1.54, 1.807) is 0 Å². The average molecular weight is 193 g/mol. The molecule has 57 valence electrons. The number of hydrogen-bond acceptors (Lipinski definition) is 2. The molecule has 0 rings (SSSR count). The van der Waals surface area contributed by atoms with Crippen molar-refractivity contribution in [1.29, 1.82) is 0 Å². The number of rotatable bonds is 0. The third-order valence-electron chi connectivity index (χ3n) is 0.